The minimum atomic E-state index is -0.805. The number of aromatic nitrogens is 2. The summed E-state index contributed by atoms with van der Waals surface area (Å²) in [6, 6.07) is 6.31. The summed E-state index contributed by atoms with van der Waals surface area (Å²) in [5.74, 6) is -1.51. The molecule has 1 N–H and O–H groups in total. The molecule has 1 heterocycles. The summed E-state index contributed by atoms with van der Waals surface area (Å²) in [4.78, 5) is 11.0. The second-order valence-corrected chi connectivity index (χ2v) is 5.38. The van der Waals surface area contributed by atoms with E-state index in [4.69, 9.17) is 5.11 Å². The lowest BCUT2D eigenvalue weighted by Gasteiger charge is -2.08. The SMILES string of the molecule is Cc1nn(Cc2ccc(F)cc2)c(C)c1CC(C)C(=O)O. The highest BCUT2D eigenvalue weighted by Crippen LogP contribution is 2.19. The van der Waals surface area contributed by atoms with Gasteiger partial charge >= 0.3 is 5.97 Å². The molecule has 2 aromatic rings. The van der Waals surface area contributed by atoms with Gasteiger partial charge in [0.1, 0.15) is 5.82 Å². The van der Waals surface area contributed by atoms with Gasteiger partial charge in [0.2, 0.25) is 0 Å². The number of benzene rings is 1. The Morgan fingerprint density at radius 3 is 2.52 bits per heavy atom. The van der Waals surface area contributed by atoms with Crippen molar-refractivity contribution in [2.24, 2.45) is 5.92 Å². The number of carboxylic acids is 1. The van der Waals surface area contributed by atoms with Gasteiger partial charge in [0.25, 0.3) is 0 Å². The third kappa shape index (κ3) is 3.48. The molecular weight excluding hydrogens is 271 g/mol. The monoisotopic (exact) mass is 290 g/mol. The fourth-order valence-corrected chi connectivity index (χ4v) is 2.34. The van der Waals surface area contributed by atoms with Crippen molar-refractivity contribution in [1.82, 2.24) is 9.78 Å². The van der Waals surface area contributed by atoms with Crippen LogP contribution in [0.1, 0.15) is 29.4 Å². The maximum atomic E-state index is 12.9. The third-order valence-corrected chi connectivity index (χ3v) is 3.71. The largest absolute Gasteiger partial charge is 0.481 e. The standard InChI is InChI=1S/C16H19FN2O2/c1-10(16(20)21)8-15-11(2)18-19(12(15)3)9-13-4-6-14(17)7-5-13/h4-7,10H,8-9H2,1-3H3,(H,20,21). The Balaban J connectivity index is 2.22. The van der Waals surface area contributed by atoms with Gasteiger partial charge in [-0.25, -0.2) is 4.39 Å². The van der Waals surface area contributed by atoms with Gasteiger partial charge in [-0.2, -0.15) is 5.10 Å². The number of hydrogen-bond donors (Lipinski definition) is 1. The average molecular weight is 290 g/mol. The highest BCUT2D eigenvalue weighted by atomic mass is 19.1. The van der Waals surface area contributed by atoms with Crippen LogP contribution in [0.25, 0.3) is 0 Å². The van der Waals surface area contributed by atoms with Crippen molar-refractivity contribution in [2.45, 2.75) is 33.7 Å². The molecule has 21 heavy (non-hydrogen) atoms. The molecule has 0 aliphatic heterocycles. The molecule has 5 heteroatoms. The third-order valence-electron chi connectivity index (χ3n) is 3.71. The zero-order valence-electron chi connectivity index (χ0n) is 12.4. The van der Waals surface area contributed by atoms with E-state index in [2.05, 4.69) is 5.10 Å². The minimum Gasteiger partial charge on any atom is -0.481 e. The number of aryl methyl sites for hydroxylation is 1. The van der Waals surface area contributed by atoms with Crippen LogP contribution in [0.2, 0.25) is 0 Å². The first-order chi connectivity index (χ1) is 9.88. The lowest BCUT2D eigenvalue weighted by molar-refractivity contribution is -0.141. The molecule has 112 valence electrons. The van der Waals surface area contributed by atoms with Crippen LogP contribution in [-0.2, 0) is 17.8 Å². The summed E-state index contributed by atoms with van der Waals surface area (Å²) in [5, 5.41) is 13.5. The Morgan fingerprint density at radius 2 is 1.95 bits per heavy atom. The van der Waals surface area contributed by atoms with Crippen LogP contribution in [0.3, 0.4) is 0 Å². The van der Waals surface area contributed by atoms with E-state index in [1.54, 1.807) is 19.1 Å². The molecule has 1 aromatic carbocycles. The molecule has 0 bridgehead atoms. The quantitative estimate of drug-likeness (QED) is 0.921. The van der Waals surface area contributed by atoms with Gasteiger partial charge in [-0.3, -0.25) is 9.48 Å². The van der Waals surface area contributed by atoms with Crippen LogP contribution >= 0.6 is 0 Å². The normalized spacial score (nSPS) is 12.4. The molecule has 0 fully saturated rings. The average Bonchev–Trinajstić information content (AvgIpc) is 2.69. The highest BCUT2D eigenvalue weighted by molar-refractivity contribution is 5.70. The van der Waals surface area contributed by atoms with E-state index < -0.39 is 11.9 Å². The lowest BCUT2D eigenvalue weighted by Crippen LogP contribution is -2.13. The van der Waals surface area contributed by atoms with E-state index in [1.165, 1.54) is 12.1 Å². The van der Waals surface area contributed by atoms with Crippen molar-refractivity contribution in [2.75, 3.05) is 0 Å². The smallest absolute Gasteiger partial charge is 0.306 e. The second kappa shape index (κ2) is 6.08. The van der Waals surface area contributed by atoms with Gasteiger partial charge < -0.3 is 5.11 Å². The van der Waals surface area contributed by atoms with Gasteiger partial charge in [0.05, 0.1) is 18.2 Å². The predicted octanol–water partition coefficient (Wildman–Crippen LogP) is 2.95. The van der Waals surface area contributed by atoms with Gasteiger partial charge in [0.15, 0.2) is 0 Å². The molecule has 0 spiro atoms. The number of aliphatic carboxylic acids is 1. The van der Waals surface area contributed by atoms with E-state index in [0.29, 0.717) is 13.0 Å². The maximum Gasteiger partial charge on any atom is 0.306 e. The molecule has 0 radical (unpaired) electrons. The molecule has 4 nitrogen and oxygen atoms in total. The fourth-order valence-electron chi connectivity index (χ4n) is 2.34. The van der Waals surface area contributed by atoms with Crippen LogP contribution in [0.5, 0.6) is 0 Å². The number of carboxylic acid groups (broad SMARTS) is 1. The summed E-state index contributed by atoms with van der Waals surface area (Å²) in [5.41, 5.74) is 3.75. The summed E-state index contributed by atoms with van der Waals surface area (Å²) >= 11 is 0. The predicted molar refractivity (Wildman–Crippen MR) is 77.7 cm³/mol. The number of rotatable bonds is 5. The molecule has 2 rings (SSSR count). The van der Waals surface area contributed by atoms with Crippen LogP contribution in [0.4, 0.5) is 4.39 Å². The Hall–Kier alpha value is -2.17. The molecule has 1 unspecified atom stereocenters. The van der Waals surface area contributed by atoms with Crippen molar-refractivity contribution in [3.05, 3.63) is 52.6 Å². The number of nitrogens with zero attached hydrogens (tertiary/aromatic N) is 2. The molecule has 0 saturated carbocycles. The number of carbonyl (C=O) groups is 1. The molecule has 1 atom stereocenters. The van der Waals surface area contributed by atoms with Crippen molar-refractivity contribution in [3.63, 3.8) is 0 Å². The van der Waals surface area contributed by atoms with Crippen molar-refractivity contribution in [1.29, 1.82) is 0 Å². The molecule has 1 aromatic heterocycles. The van der Waals surface area contributed by atoms with Gasteiger partial charge in [-0.1, -0.05) is 19.1 Å². The van der Waals surface area contributed by atoms with Gasteiger partial charge in [0, 0.05) is 5.69 Å². The van der Waals surface area contributed by atoms with Gasteiger partial charge in [-0.05, 0) is 43.5 Å². The van der Waals surface area contributed by atoms with Crippen LogP contribution in [0, 0.1) is 25.6 Å². The summed E-state index contributed by atoms with van der Waals surface area (Å²) in [7, 11) is 0. The van der Waals surface area contributed by atoms with E-state index in [9.17, 15) is 9.18 Å². The second-order valence-electron chi connectivity index (χ2n) is 5.38. The van der Waals surface area contributed by atoms with Crippen LogP contribution in [-0.4, -0.2) is 20.9 Å². The van der Waals surface area contributed by atoms with E-state index in [0.717, 1.165) is 22.5 Å². The first-order valence-corrected chi connectivity index (χ1v) is 6.88. The number of hydrogen-bond acceptors (Lipinski definition) is 2. The number of halogens is 1. The van der Waals surface area contributed by atoms with Crippen molar-refractivity contribution < 1.29 is 14.3 Å². The Kier molecular flexibility index (Phi) is 4.40. The minimum absolute atomic E-state index is 0.261. The fraction of sp³-hybridized carbons (Fsp3) is 0.375. The molecule has 0 aliphatic carbocycles. The Morgan fingerprint density at radius 1 is 1.33 bits per heavy atom. The molecule has 0 saturated heterocycles. The molecular formula is C16H19FN2O2. The van der Waals surface area contributed by atoms with Crippen LogP contribution < -0.4 is 0 Å². The zero-order valence-corrected chi connectivity index (χ0v) is 12.4. The summed E-state index contributed by atoms with van der Waals surface area (Å²) < 4.78 is 14.8. The van der Waals surface area contributed by atoms with Crippen molar-refractivity contribution >= 4 is 5.97 Å². The Labute approximate surface area is 123 Å². The first-order valence-electron chi connectivity index (χ1n) is 6.88. The summed E-state index contributed by atoms with van der Waals surface area (Å²) in [6.45, 7) is 6.07. The van der Waals surface area contributed by atoms with Crippen molar-refractivity contribution in [3.8, 4) is 0 Å². The van der Waals surface area contributed by atoms with E-state index >= 15 is 0 Å². The molecule has 0 amide bonds. The molecule has 0 aliphatic rings. The Bertz CT molecular complexity index is 647. The van der Waals surface area contributed by atoms with Gasteiger partial charge in [-0.15, -0.1) is 0 Å². The highest BCUT2D eigenvalue weighted by Gasteiger charge is 2.18. The topological polar surface area (TPSA) is 55.1 Å². The first kappa shape index (κ1) is 15.2. The maximum absolute atomic E-state index is 12.9. The van der Waals surface area contributed by atoms with Crippen LogP contribution in [0.15, 0.2) is 24.3 Å². The summed E-state index contributed by atoms with van der Waals surface area (Å²) in [6.07, 6.45) is 0.469. The van der Waals surface area contributed by atoms with E-state index in [1.807, 2.05) is 18.5 Å². The van der Waals surface area contributed by atoms with E-state index in [-0.39, 0.29) is 5.82 Å². The zero-order chi connectivity index (χ0) is 15.6. The lowest BCUT2D eigenvalue weighted by atomic mass is 10.00.